The molecule has 3 amide bonds. The SMILES string of the molecule is CCCCCCCCCCCCCCCCCCNC(=O)CN(NC(=O)OCc1ccccc1)C(=O)CN. The third-order valence-electron chi connectivity index (χ3n) is 6.57. The van der Waals surface area contributed by atoms with Gasteiger partial charge in [-0.3, -0.25) is 9.59 Å². The van der Waals surface area contributed by atoms with Crippen molar-refractivity contribution in [3.8, 4) is 0 Å². The molecule has 0 saturated heterocycles. The second kappa shape index (κ2) is 23.5. The predicted molar refractivity (Wildman–Crippen MR) is 153 cm³/mol. The minimum absolute atomic E-state index is 0.0583. The summed E-state index contributed by atoms with van der Waals surface area (Å²) in [5.74, 6) is -0.921. The maximum absolute atomic E-state index is 12.3. The highest BCUT2D eigenvalue weighted by Crippen LogP contribution is 2.13. The van der Waals surface area contributed by atoms with Gasteiger partial charge in [0.1, 0.15) is 13.2 Å². The van der Waals surface area contributed by atoms with Gasteiger partial charge >= 0.3 is 6.09 Å². The molecule has 8 heteroatoms. The molecule has 0 aromatic heterocycles. The molecule has 0 saturated carbocycles. The lowest BCUT2D eigenvalue weighted by Crippen LogP contribution is -2.52. The highest BCUT2D eigenvalue weighted by Gasteiger charge is 2.19. The fraction of sp³-hybridized carbons (Fsp3) is 0.700. The number of unbranched alkanes of at least 4 members (excludes halogenated alkanes) is 15. The summed E-state index contributed by atoms with van der Waals surface area (Å²) in [7, 11) is 0. The summed E-state index contributed by atoms with van der Waals surface area (Å²) in [4.78, 5) is 36.4. The average molecular weight is 533 g/mol. The Bertz CT molecular complexity index is 745. The van der Waals surface area contributed by atoms with E-state index in [1.54, 1.807) is 0 Å². The van der Waals surface area contributed by atoms with Gasteiger partial charge in [-0.05, 0) is 12.0 Å². The third kappa shape index (κ3) is 18.6. The number of nitrogens with zero attached hydrogens (tertiary/aromatic N) is 1. The third-order valence-corrected chi connectivity index (χ3v) is 6.57. The zero-order valence-corrected chi connectivity index (χ0v) is 23.7. The molecule has 0 radical (unpaired) electrons. The lowest BCUT2D eigenvalue weighted by atomic mass is 10.0. The average Bonchev–Trinajstić information content (AvgIpc) is 2.93. The Hall–Kier alpha value is -2.61. The first-order valence-electron chi connectivity index (χ1n) is 14.8. The fourth-order valence-electron chi connectivity index (χ4n) is 4.27. The molecule has 0 fully saturated rings. The number of amides is 3. The molecule has 0 aliphatic carbocycles. The van der Waals surface area contributed by atoms with Crippen molar-refractivity contribution in [1.29, 1.82) is 0 Å². The first-order valence-corrected chi connectivity index (χ1v) is 14.8. The van der Waals surface area contributed by atoms with Gasteiger partial charge in [-0.15, -0.1) is 0 Å². The van der Waals surface area contributed by atoms with Crippen molar-refractivity contribution in [1.82, 2.24) is 15.8 Å². The number of carbonyl (C=O) groups excluding carboxylic acids is 3. The summed E-state index contributed by atoms with van der Waals surface area (Å²) in [6, 6.07) is 9.18. The zero-order valence-electron chi connectivity index (χ0n) is 23.7. The predicted octanol–water partition coefficient (Wildman–Crippen LogP) is 5.99. The summed E-state index contributed by atoms with van der Waals surface area (Å²) >= 11 is 0. The van der Waals surface area contributed by atoms with Crippen LogP contribution in [0.3, 0.4) is 0 Å². The van der Waals surface area contributed by atoms with E-state index in [0.717, 1.165) is 23.4 Å². The Balaban J connectivity index is 2.02. The molecule has 0 unspecified atom stereocenters. The summed E-state index contributed by atoms with van der Waals surface area (Å²) in [5.41, 5.74) is 8.54. The van der Waals surface area contributed by atoms with Crippen LogP contribution in [0, 0.1) is 0 Å². The van der Waals surface area contributed by atoms with Crippen molar-refractivity contribution in [2.45, 2.75) is 116 Å². The van der Waals surface area contributed by atoms with Crippen LogP contribution in [0.1, 0.15) is 115 Å². The number of carbonyl (C=O) groups is 3. The number of hydrogen-bond donors (Lipinski definition) is 3. The van der Waals surface area contributed by atoms with E-state index in [0.29, 0.717) is 6.54 Å². The van der Waals surface area contributed by atoms with Crippen LogP contribution in [0.15, 0.2) is 30.3 Å². The normalized spacial score (nSPS) is 10.7. The second-order valence-electron chi connectivity index (χ2n) is 10.0. The molecule has 1 aromatic rings. The molecular weight excluding hydrogens is 480 g/mol. The summed E-state index contributed by atoms with van der Waals surface area (Å²) < 4.78 is 5.12. The van der Waals surface area contributed by atoms with Gasteiger partial charge in [0.15, 0.2) is 0 Å². The van der Waals surface area contributed by atoms with Gasteiger partial charge in [0.2, 0.25) is 5.91 Å². The van der Waals surface area contributed by atoms with Crippen LogP contribution in [0.2, 0.25) is 0 Å². The zero-order chi connectivity index (χ0) is 27.7. The number of nitrogens with two attached hydrogens (primary N) is 1. The van der Waals surface area contributed by atoms with Crippen LogP contribution in [-0.2, 0) is 20.9 Å². The molecule has 0 spiro atoms. The Morgan fingerprint density at radius 1 is 0.763 bits per heavy atom. The van der Waals surface area contributed by atoms with Crippen LogP contribution >= 0.6 is 0 Å². The van der Waals surface area contributed by atoms with E-state index in [9.17, 15) is 14.4 Å². The monoisotopic (exact) mass is 532 g/mol. The number of hydrogen-bond acceptors (Lipinski definition) is 5. The minimum Gasteiger partial charge on any atom is -0.443 e. The van der Waals surface area contributed by atoms with Crippen LogP contribution < -0.4 is 16.5 Å². The van der Waals surface area contributed by atoms with Gasteiger partial charge in [0.05, 0.1) is 6.54 Å². The highest BCUT2D eigenvalue weighted by atomic mass is 16.6. The topological polar surface area (TPSA) is 114 Å². The van der Waals surface area contributed by atoms with Crippen LogP contribution in [0.4, 0.5) is 4.79 Å². The van der Waals surface area contributed by atoms with Crippen molar-refractivity contribution in [3.63, 3.8) is 0 Å². The van der Waals surface area contributed by atoms with Crippen molar-refractivity contribution in [3.05, 3.63) is 35.9 Å². The molecule has 38 heavy (non-hydrogen) atoms. The molecule has 0 aliphatic heterocycles. The van der Waals surface area contributed by atoms with E-state index in [2.05, 4.69) is 17.7 Å². The summed E-state index contributed by atoms with van der Waals surface area (Å²) in [5, 5.41) is 3.71. The van der Waals surface area contributed by atoms with Gasteiger partial charge < -0.3 is 15.8 Å². The number of hydrazine groups is 1. The number of nitrogens with one attached hydrogen (secondary N) is 2. The minimum atomic E-state index is -0.818. The van der Waals surface area contributed by atoms with Gasteiger partial charge in [0, 0.05) is 6.54 Å². The Labute approximate surface area is 230 Å². The molecule has 1 rings (SSSR count). The van der Waals surface area contributed by atoms with E-state index in [4.69, 9.17) is 10.5 Å². The maximum atomic E-state index is 12.3. The van der Waals surface area contributed by atoms with Gasteiger partial charge in [0.25, 0.3) is 5.91 Å². The molecule has 4 N–H and O–H groups in total. The van der Waals surface area contributed by atoms with Crippen molar-refractivity contribution < 1.29 is 19.1 Å². The van der Waals surface area contributed by atoms with Crippen LogP contribution in [0.5, 0.6) is 0 Å². The molecule has 216 valence electrons. The van der Waals surface area contributed by atoms with E-state index in [1.807, 2.05) is 30.3 Å². The summed E-state index contributed by atoms with van der Waals surface area (Å²) in [6.45, 7) is 2.23. The lowest BCUT2D eigenvalue weighted by Gasteiger charge is -2.22. The molecule has 0 atom stereocenters. The molecular formula is C30H52N4O4. The van der Waals surface area contributed by atoms with Crippen molar-refractivity contribution in [2.75, 3.05) is 19.6 Å². The largest absolute Gasteiger partial charge is 0.443 e. The summed E-state index contributed by atoms with van der Waals surface area (Å²) in [6.07, 6.45) is 20.0. The fourth-order valence-corrected chi connectivity index (χ4v) is 4.27. The molecule has 8 nitrogen and oxygen atoms in total. The Morgan fingerprint density at radius 3 is 1.76 bits per heavy atom. The quantitative estimate of drug-likeness (QED) is 0.125. The lowest BCUT2D eigenvalue weighted by molar-refractivity contribution is -0.137. The second-order valence-corrected chi connectivity index (χ2v) is 10.0. The van der Waals surface area contributed by atoms with Gasteiger partial charge in [-0.25, -0.2) is 15.2 Å². The number of benzene rings is 1. The van der Waals surface area contributed by atoms with E-state index in [-0.39, 0.29) is 25.6 Å². The first-order chi connectivity index (χ1) is 18.6. The molecule has 0 bridgehead atoms. The van der Waals surface area contributed by atoms with Crippen LogP contribution in [-0.4, -0.2) is 42.6 Å². The standard InChI is InChI=1S/C30H52N4O4/c1-2-3-4-5-6-7-8-9-10-11-12-13-14-15-16-20-23-32-28(35)25-34(29(36)24-31)33-30(37)38-26-27-21-18-17-19-22-27/h17-19,21-22H,2-16,20,23-26,31H2,1H3,(H,32,35)(H,33,37). The number of rotatable bonds is 22. The number of ether oxygens (including phenoxy) is 1. The smallest absolute Gasteiger partial charge is 0.426 e. The molecule has 1 aromatic carbocycles. The highest BCUT2D eigenvalue weighted by molar-refractivity contribution is 5.86. The van der Waals surface area contributed by atoms with Gasteiger partial charge in [-0.1, -0.05) is 134 Å². The van der Waals surface area contributed by atoms with E-state index >= 15 is 0 Å². The first kappa shape index (κ1) is 33.4. The van der Waals surface area contributed by atoms with Gasteiger partial charge in [-0.2, -0.15) is 0 Å². The van der Waals surface area contributed by atoms with E-state index in [1.165, 1.54) is 89.9 Å². The van der Waals surface area contributed by atoms with Crippen LogP contribution in [0.25, 0.3) is 0 Å². The van der Waals surface area contributed by atoms with Crippen molar-refractivity contribution in [2.24, 2.45) is 5.73 Å². The Kier molecular flexibility index (Phi) is 20.7. The molecule has 0 heterocycles. The van der Waals surface area contributed by atoms with E-state index < -0.39 is 12.0 Å². The maximum Gasteiger partial charge on any atom is 0.426 e. The van der Waals surface area contributed by atoms with Crippen molar-refractivity contribution >= 4 is 17.9 Å². The Morgan fingerprint density at radius 2 is 1.26 bits per heavy atom. The molecule has 0 aliphatic rings.